The zero-order chi connectivity index (χ0) is 42.1. The molecule has 0 saturated heterocycles. The zero-order valence-corrected chi connectivity index (χ0v) is 41.3. The summed E-state index contributed by atoms with van der Waals surface area (Å²) in [5, 5.41) is 0. The molecular formula is C51H82I2O6. The van der Waals surface area contributed by atoms with Crippen LogP contribution in [0.3, 0.4) is 0 Å². The first-order valence-electron chi connectivity index (χ1n) is 24.1. The van der Waals surface area contributed by atoms with E-state index < -0.39 is 0 Å². The van der Waals surface area contributed by atoms with Crippen molar-refractivity contribution in [3.63, 3.8) is 0 Å². The Bertz CT molecular complexity index is 1140. The number of halogens is 2. The first kappa shape index (κ1) is 53.6. The molecule has 2 aromatic carbocycles. The Kier molecular flexibility index (Phi) is 36.8. The van der Waals surface area contributed by atoms with E-state index >= 15 is 0 Å². The molecule has 0 aliphatic heterocycles. The SMILES string of the molecule is O=C(CCCCCCCCCCCCCCCCCOc1ccc(I)cc1)OCCCOC(=O)CCCCCCCCCCCCCCCCCOc1ccc(I)cc1. The number of esters is 2. The number of hydrogen-bond acceptors (Lipinski definition) is 6. The van der Waals surface area contributed by atoms with E-state index in [9.17, 15) is 9.59 Å². The lowest BCUT2D eigenvalue weighted by atomic mass is 10.0. The summed E-state index contributed by atoms with van der Waals surface area (Å²) < 4.78 is 24.8. The van der Waals surface area contributed by atoms with E-state index in [4.69, 9.17) is 18.9 Å². The van der Waals surface area contributed by atoms with Crippen LogP contribution in [0.2, 0.25) is 0 Å². The van der Waals surface area contributed by atoms with Crippen LogP contribution < -0.4 is 9.47 Å². The predicted molar refractivity (Wildman–Crippen MR) is 264 cm³/mol. The fourth-order valence-electron chi connectivity index (χ4n) is 7.36. The van der Waals surface area contributed by atoms with Gasteiger partial charge in [-0.05, 0) is 119 Å². The van der Waals surface area contributed by atoms with Gasteiger partial charge in [0.05, 0.1) is 26.4 Å². The molecule has 2 rings (SSSR count). The summed E-state index contributed by atoms with van der Waals surface area (Å²) in [5.74, 6) is 1.72. The van der Waals surface area contributed by atoms with E-state index in [2.05, 4.69) is 93.7 Å². The third-order valence-corrected chi connectivity index (χ3v) is 12.5. The van der Waals surface area contributed by atoms with Crippen LogP contribution in [-0.2, 0) is 19.1 Å². The highest BCUT2D eigenvalue weighted by atomic mass is 127. The molecule has 2 aromatic rings. The van der Waals surface area contributed by atoms with Crippen molar-refractivity contribution in [2.24, 2.45) is 0 Å². The van der Waals surface area contributed by atoms with Gasteiger partial charge in [0.15, 0.2) is 0 Å². The Morgan fingerprint density at radius 2 is 0.542 bits per heavy atom. The highest BCUT2D eigenvalue weighted by molar-refractivity contribution is 14.1. The zero-order valence-electron chi connectivity index (χ0n) is 37.0. The van der Waals surface area contributed by atoms with Gasteiger partial charge in [-0.2, -0.15) is 0 Å². The van der Waals surface area contributed by atoms with Gasteiger partial charge < -0.3 is 18.9 Å². The summed E-state index contributed by atoms with van der Waals surface area (Å²) in [6, 6.07) is 16.6. The molecule has 0 amide bonds. The van der Waals surface area contributed by atoms with Crippen molar-refractivity contribution in [1.82, 2.24) is 0 Å². The molecule has 0 bridgehead atoms. The van der Waals surface area contributed by atoms with Crippen LogP contribution in [-0.4, -0.2) is 38.4 Å². The number of hydrogen-bond donors (Lipinski definition) is 0. The monoisotopic (exact) mass is 1040 g/mol. The maximum Gasteiger partial charge on any atom is 0.305 e. The number of carbonyl (C=O) groups is 2. The molecule has 0 aromatic heterocycles. The van der Waals surface area contributed by atoms with Crippen molar-refractivity contribution >= 4 is 57.1 Å². The highest BCUT2D eigenvalue weighted by Crippen LogP contribution is 2.18. The number of unbranched alkanes of at least 4 members (excludes halogenated alkanes) is 28. The second-order valence-electron chi connectivity index (χ2n) is 16.5. The summed E-state index contributed by atoms with van der Waals surface area (Å²) in [5.41, 5.74) is 0. The van der Waals surface area contributed by atoms with Crippen molar-refractivity contribution in [3.05, 3.63) is 55.7 Å². The van der Waals surface area contributed by atoms with Crippen LogP contribution in [0.15, 0.2) is 48.5 Å². The minimum atomic E-state index is -0.124. The van der Waals surface area contributed by atoms with Crippen molar-refractivity contribution in [2.45, 2.75) is 212 Å². The third kappa shape index (κ3) is 35.7. The lowest BCUT2D eigenvalue weighted by Crippen LogP contribution is -2.10. The molecule has 0 saturated carbocycles. The van der Waals surface area contributed by atoms with Crippen LogP contribution in [0.5, 0.6) is 11.5 Å². The van der Waals surface area contributed by atoms with Gasteiger partial charge in [0, 0.05) is 26.4 Å². The van der Waals surface area contributed by atoms with Crippen molar-refractivity contribution in [1.29, 1.82) is 0 Å². The molecule has 0 radical (unpaired) electrons. The van der Waals surface area contributed by atoms with Gasteiger partial charge in [-0.3, -0.25) is 9.59 Å². The van der Waals surface area contributed by atoms with E-state index in [1.807, 2.05) is 0 Å². The molecule has 0 heterocycles. The number of ether oxygens (including phenoxy) is 4. The second kappa shape index (κ2) is 40.5. The van der Waals surface area contributed by atoms with Gasteiger partial charge in [-0.25, -0.2) is 0 Å². The predicted octanol–water partition coefficient (Wildman–Crippen LogP) is 16.3. The quantitative estimate of drug-likeness (QED) is 0.0375. The fraction of sp³-hybridized carbons (Fsp3) is 0.725. The Hall–Kier alpha value is -1.56. The number of rotatable bonds is 42. The topological polar surface area (TPSA) is 71.1 Å². The Labute approximate surface area is 388 Å². The summed E-state index contributed by atoms with van der Waals surface area (Å²) >= 11 is 4.64. The number of carbonyl (C=O) groups excluding carboxylic acids is 2. The van der Waals surface area contributed by atoms with Crippen LogP contribution in [0.4, 0.5) is 0 Å². The van der Waals surface area contributed by atoms with Gasteiger partial charge >= 0.3 is 11.9 Å². The van der Waals surface area contributed by atoms with E-state index in [1.165, 1.54) is 161 Å². The van der Waals surface area contributed by atoms with Crippen LogP contribution in [0, 0.1) is 7.14 Å². The van der Waals surface area contributed by atoms with Crippen LogP contribution in [0.1, 0.15) is 212 Å². The molecule has 336 valence electrons. The van der Waals surface area contributed by atoms with Gasteiger partial charge in [0.2, 0.25) is 0 Å². The smallest absolute Gasteiger partial charge is 0.305 e. The summed E-state index contributed by atoms with van der Waals surface area (Å²) in [6.07, 6.45) is 39.6. The molecule has 0 spiro atoms. The maximum atomic E-state index is 12.0. The Balaban J connectivity index is 1.18. The van der Waals surface area contributed by atoms with Crippen molar-refractivity contribution < 1.29 is 28.5 Å². The van der Waals surface area contributed by atoms with Crippen molar-refractivity contribution in [2.75, 3.05) is 26.4 Å². The van der Waals surface area contributed by atoms with Gasteiger partial charge in [0.1, 0.15) is 11.5 Å². The normalized spacial score (nSPS) is 11.2. The minimum absolute atomic E-state index is 0.124. The molecule has 0 unspecified atom stereocenters. The Morgan fingerprint density at radius 3 is 0.814 bits per heavy atom. The standard InChI is InChI=1S/C51H82I2O6/c52-46-34-38-48(39-35-46)56-42-29-25-21-17-13-9-5-1-3-7-11-15-19-23-27-32-50(54)58-44-31-45-59-51(55)33-28-24-20-16-12-8-4-2-6-10-14-18-22-26-30-43-57-49-40-36-47(53)37-41-49/h34-41H,1-33,42-45H2. The van der Waals surface area contributed by atoms with Crippen molar-refractivity contribution in [3.8, 4) is 11.5 Å². The van der Waals surface area contributed by atoms with Gasteiger partial charge in [-0.15, -0.1) is 0 Å². The minimum Gasteiger partial charge on any atom is -0.494 e. The molecule has 8 heteroatoms. The maximum absolute atomic E-state index is 12.0. The Morgan fingerprint density at radius 1 is 0.305 bits per heavy atom. The van der Waals surface area contributed by atoms with E-state index in [-0.39, 0.29) is 11.9 Å². The molecule has 0 N–H and O–H groups in total. The lowest BCUT2D eigenvalue weighted by molar-refractivity contribution is -0.146. The molecule has 0 atom stereocenters. The van der Waals surface area contributed by atoms with Gasteiger partial charge in [0.25, 0.3) is 0 Å². The third-order valence-electron chi connectivity index (χ3n) is 11.0. The largest absolute Gasteiger partial charge is 0.494 e. The molecule has 0 aliphatic carbocycles. The first-order valence-corrected chi connectivity index (χ1v) is 26.3. The van der Waals surface area contributed by atoms with Gasteiger partial charge in [-0.1, -0.05) is 167 Å². The summed E-state index contributed by atoms with van der Waals surface area (Å²) in [7, 11) is 0. The lowest BCUT2D eigenvalue weighted by Gasteiger charge is -2.07. The molecule has 0 aliphatic rings. The first-order chi connectivity index (χ1) is 29.0. The highest BCUT2D eigenvalue weighted by Gasteiger charge is 2.06. The molecular weight excluding hydrogens is 962 g/mol. The van der Waals surface area contributed by atoms with Crippen LogP contribution >= 0.6 is 45.2 Å². The van der Waals surface area contributed by atoms with E-state index in [0.717, 1.165) is 63.2 Å². The summed E-state index contributed by atoms with van der Waals surface area (Å²) in [4.78, 5) is 24.1. The number of benzene rings is 2. The fourth-order valence-corrected chi connectivity index (χ4v) is 8.08. The van der Waals surface area contributed by atoms with E-state index in [1.54, 1.807) is 0 Å². The molecule has 6 nitrogen and oxygen atoms in total. The summed E-state index contributed by atoms with van der Waals surface area (Å²) in [6.45, 7) is 2.32. The molecule has 0 fully saturated rings. The second-order valence-corrected chi connectivity index (χ2v) is 19.0. The average molecular weight is 1050 g/mol. The molecule has 59 heavy (non-hydrogen) atoms. The van der Waals surface area contributed by atoms with E-state index in [0.29, 0.717) is 32.5 Å². The average Bonchev–Trinajstić information content (AvgIpc) is 3.24. The van der Waals surface area contributed by atoms with Crippen LogP contribution in [0.25, 0.3) is 0 Å².